The number of rotatable bonds is 13. The summed E-state index contributed by atoms with van der Waals surface area (Å²) >= 11 is 0. The SMILES string of the molecule is CNCCCCC(N)C(=O)NC(CCCCNC)C(=O)O. The number of nitrogens with one attached hydrogen (secondary N) is 3. The summed E-state index contributed by atoms with van der Waals surface area (Å²) in [5.74, 6) is -1.38. The molecule has 0 bridgehead atoms. The van der Waals surface area contributed by atoms with Gasteiger partial charge in [-0.1, -0.05) is 6.42 Å². The van der Waals surface area contributed by atoms with Crippen LogP contribution in [-0.4, -0.2) is 56.3 Å². The lowest BCUT2D eigenvalue weighted by Gasteiger charge is -2.17. The van der Waals surface area contributed by atoms with E-state index in [1.54, 1.807) is 0 Å². The number of hydrogen-bond donors (Lipinski definition) is 5. The third-order valence-corrected chi connectivity index (χ3v) is 3.31. The molecule has 0 heterocycles. The molecule has 7 nitrogen and oxygen atoms in total. The molecule has 0 saturated heterocycles. The maximum absolute atomic E-state index is 11.9. The Kier molecular flexibility index (Phi) is 11.8. The zero-order valence-electron chi connectivity index (χ0n) is 13.2. The van der Waals surface area contributed by atoms with Crippen LogP contribution in [-0.2, 0) is 9.59 Å². The van der Waals surface area contributed by atoms with Crippen molar-refractivity contribution >= 4 is 11.9 Å². The molecule has 2 unspecified atom stereocenters. The maximum Gasteiger partial charge on any atom is 0.326 e. The summed E-state index contributed by atoms with van der Waals surface area (Å²) in [5.41, 5.74) is 5.79. The van der Waals surface area contributed by atoms with Crippen LogP contribution < -0.4 is 21.7 Å². The first kappa shape index (κ1) is 19.8. The van der Waals surface area contributed by atoms with E-state index in [1.807, 2.05) is 14.1 Å². The Bertz CT molecular complexity index is 300. The van der Waals surface area contributed by atoms with E-state index in [9.17, 15) is 9.59 Å². The fraction of sp³-hybridized carbons (Fsp3) is 0.857. The molecule has 0 aromatic carbocycles. The summed E-state index contributed by atoms with van der Waals surface area (Å²) in [6.45, 7) is 1.73. The standard InChI is InChI=1S/C14H30N4O3/c1-16-9-5-3-7-11(15)13(19)18-12(14(20)21)8-4-6-10-17-2/h11-12,16-17H,3-10,15H2,1-2H3,(H,18,19)(H,20,21). The van der Waals surface area contributed by atoms with E-state index in [0.717, 1.165) is 38.8 Å². The number of carboxylic acids is 1. The van der Waals surface area contributed by atoms with Gasteiger partial charge in [-0.3, -0.25) is 4.79 Å². The smallest absolute Gasteiger partial charge is 0.326 e. The lowest BCUT2D eigenvalue weighted by atomic mass is 10.1. The number of aliphatic carboxylic acids is 1. The first-order valence-corrected chi connectivity index (χ1v) is 7.60. The Balaban J connectivity index is 4.05. The van der Waals surface area contributed by atoms with Gasteiger partial charge in [-0.2, -0.15) is 0 Å². The quantitative estimate of drug-likeness (QED) is 0.297. The highest BCUT2D eigenvalue weighted by atomic mass is 16.4. The van der Waals surface area contributed by atoms with Gasteiger partial charge >= 0.3 is 5.97 Å². The molecule has 21 heavy (non-hydrogen) atoms. The van der Waals surface area contributed by atoms with Crippen molar-refractivity contribution in [3.63, 3.8) is 0 Å². The third-order valence-electron chi connectivity index (χ3n) is 3.31. The van der Waals surface area contributed by atoms with Gasteiger partial charge < -0.3 is 26.8 Å². The predicted molar refractivity (Wildman–Crippen MR) is 83.1 cm³/mol. The molecule has 0 rings (SSSR count). The van der Waals surface area contributed by atoms with Crippen LogP contribution in [0.4, 0.5) is 0 Å². The first-order chi connectivity index (χ1) is 10.0. The molecule has 0 aliphatic heterocycles. The van der Waals surface area contributed by atoms with Crippen molar-refractivity contribution in [3.05, 3.63) is 0 Å². The Hall–Kier alpha value is -1.18. The number of carboxylic acid groups (broad SMARTS) is 1. The van der Waals surface area contributed by atoms with Gasteiger partial charge in [0, 0.05) is 0 Å². The van der Waals surface area contributed by atoms with E-state index < -0.39 is 18.1 Å². The molecule has 0 aromatic heterocycles. The largest absolute Gasteiger partial charge is 0.480 e. The van der Waals surface area contributed by atoms with Crippen molar-refractivity contribution in [1.82, 2.24) is 16.0 Å². The average molecular weight is 302 g/mol. The molecule has 0 aliphatic carbocycles. The minimum Gasteiger partial charge on any atom is -0.480 e. The minimum absolute atomic E-state index is 0.375. The number of carbonyl (C=O) groups excluding carboxylic acids is 1. The average Bonchev–Trinajstić information content (AvgIpc) is 2.46. The normalized spacial score (nSPS) is 13.7. The van der Waals surface area contributed by atoms with Crippen LogP contribution >= 0.6 is 0 Å². The molecule has 2 atom stereocenters. The second-order valence-electron chi connectivity index (χ2n) is 5.20. The van der Waals surface area contributed by atoms with Gasteiger partial charge in [-0.15, -0.1) is 0 Å². The van der Waals surface area contributed by atoms with Crippen molar-refractivity contribution in [2.75, 3.05) is 27.2 Å². The van der Waals surface area contributed by atoms with Crippen molar-refractivity contribution in [1.29, 1.82) is 0 Å². The van der Waals surface area contributed by atoms with E-state index >= 15 is 0 Å². The number of hydrogen-bond acceptors (Lipinski definition) is 5. The lowest BCUT2D eigenvalue weighted by Crippen LogP contribution is -2.48. The summed E-state index contributed by atoms with van der Waals surface area (Å²) in [4.78, 5) is 23.0. The Morgan fingerprint density at radius 1 is 1.00 bits per heavy atom. The van der Waals surface area contributed by atoms with E-state index in [-0.39, 0.29) is 5.91 Å². The number of nitrogens with two attached hydrogens (primary N) is 1. The Morgan fingerprint density at radius 3 is 2.00 bits per heavy atom. The van der Waals surface area contributed by atoms with Crippen LogP contribution in [0, 0.1) is 0 Å². The molecular formula is C14H30N4O3. The molecule has 6 N–H and O–H groups in total. The fourth-order valence-electron chi connectivity index (χ4n) is 1.98. The topological polar surface area (TPSA) is 116 Å². The molecule has 0 radical (unpaired) electrons. The van der Waals surface area contributed by atoms with Gasteiger partial charge in [-0.25, -0.2) is 4.79 Å². The molecular weight excluding hydrogens is 272 g/mol. The summed E-state index contributed by atoms with van der Waals surface area (Å²) in [6.07, 6.45) is 4.41. The predicted octanol–water partition coefficient (Wildman–Crippen LogP) is -0.337. The second-order valence-corrected chi connectivity index (χ2v) is 5.20. The van der Waals surface area contributed by atoms with E-state index in [2.05, 4.69) is 16.0 Å². The molecule has 0 spiro atoms. The molecule has 1 amide bonds. The van der Waals surface area contributed by atoms with Crippen LogP contribution in [0.2, 0.25) is 0 Å². The van der Waals surface area contributed by atoms with Crippen LogP contribution in [0.5, 0.6) is 0 Å². The molecule has 0 aliphatic rings. The Morgan fingerprint density at radius 2 is 1.52 bits per heavy atom. The minimum atomic E-state index is -1.00. The van der Waals surface area contributed by atoms with Crippen molar-refractivity contribution in [3.8, 4) is 0 Å². The van der Waals surface area contributed by atoms with E-state index in [1.165, 1.54) is 0 Å². The summed E-state index contributed by atoms with van der Waals surface area (Å²) in [5, 5.41) is 17.7. The fourth-order valence-corrected chi connectivity index (χ4v) is 1.98. The van der Waals surface area contributed by atoms with Gasteiger partial charge in [0.1, 0.15) is 6.04 Å². The highest BCUT2D eigenvalue weighted by Crippen LogP contribution is 2.03. The molecule has 0 fully saturated rings. The summed E-state index contributed by atoms with van der Waals surface area (Å²) in [7, 11) is 3.72. The van der Waals surface area contributed by atoms with Crippen molar-refractivity contribution < 1.29 is 14.7 Å². The lowest BCUT2D eigenvalue weighted by molar-refractivity contribution is -0.142. The number of carbonyl (C=O) groups is 2. The first-order valence-electron chi connectivity index (χ1n) is 7.60. The Labute approximate surface area is 127 Å². The third kappa shape index (κ3) is 10.2. The number of amides is 1. The molecule has 124 valence electrons. The highest BCUT2D eigenvalue weighted by Gasteiger charge is 2.22. The second kappa shape index (κ2) is 12.6. The molecule has 0 saturated carbocycles. The highest BCUT2D eigenvalue weighted by molar-refractivity contribution is 5.86. The van der Waals surface area contributed by atoms with Crippen LogP contribution in [0.15, 0.2) is 0 Å². The zero-order chi connectivity index (χ0) is 16.1. The van der Waals surface area contributed by atoms with Crippen LogP contribution in [0.1, 0.15) is 38.5 Å². The molecule has 0 aromatic rings. The summed E-state index contributed by atoms with van der Waals surface area (Å²) in [6, 6.07) is -1.49. The van der Waals surface area contributed by atoms with Crippen LogP contribution in [0.25, 0.3) is 0 Å². The van der Waals surface area contributed by atoms with E-state index in [0.29, 0.717) is 12.8 Å². The zero-order valence-corrected chi connectivity index (χ0v) is 13.2. The summed E-state index contributed by atoms with van der Waals surface area (Å²) < 4.78 is 0. The monoisotopic (exact) mass is 302 g/mol. The van der Waals surface area contributed by atoms with Crippen LogP contribution in [0.3, 0.4) is 0 Å². The van der Waals surface area contributed by atoms with E-state index in [4.69, 9.17) is 10.8 Å². The van der Waals surface area contributed by atoms with Gasteiger partial charge in [0.25, 0.3) is 0 Å². The van der Waals surface area contributed by atoms with Gasteiger partial charge in [-0.05, 0) is 59.3 Å². The van der Waals surface area contributed by atoms with Gasteiger partial charge in [0.15, 0.2) is 0 Å². The van der Waals surface area contributed by atoms with Gasteiger partial charge in [0.05, 0.1) is 6.04 Å². The number of unbranched alkanes of at least 4 members (excludes halogenated alkanes) is 2. The van der Waals surface area contributed by atoms with Gasteiger partial charge in [0.2, 0.25) is 5.91 Å². The maximum atomic E-state index is 11.9. The van der Waals surface area contributed by atoms with Crippen molar-refractivity contribution in [2.24, 2.45) is 5.73 Å². The van der Waals surface area contributed by atoms with Crippen molar-refractivity contribution in [2.45, 2.75) is 50.6 Å². The molecule has 7 heteroatoms.